The van der Waals surface area contributed by atoms with Crippen LogP contribution in [0.25, 0.3) is 6.08 Å². The van der Waals surface area contributed by atoms with Crippen molar-refractivity contribution in [3.05, 3.63) is 64.6 Å². The molecule has 0 atom stereocenters. The minimum Gasteiger partial charge on any atom is -0.497 e. The molecular formula is C18H12F3NO2S2. The zero-order valence-corrected chi connectivity index (χ0v) is 15.0. The third-order valence-electron chi connectivity index (χ3n) is 3.66. The molecule has 134 valence electrons. The van der Waals surface area contributed by atoms with Gasteiger partial charge in [0.25, 0.3) is 5.91 Å². The van der Waals surface area contributed by atoms with Crippen LogP contribution in [-0.2, 0) is 11.0 Å². The maximum atomic E-state index is 12.6. The lowest BCUT2D eigenvalue weighted by Crippen LogP contribution is -2.27. The molecular weight excluding hydrogens is 383 g/mol. The summed E-state index contributed by atoms with van der Waals surface area (Å²) in [6.07, 6.45) is -2.86. The van der Waals surface area contributed by atoms with Crippen LogP contribution in [0.2, 0.25) is 0 Å². The van der Waals surface area contributed by atoms with Gasteiger partial charge in [0.1, 0.15) is 5.75 Å². The minimum atomic E-state index is -4.39. The lowest BCUT2D eigenvalue weighted by Gasteiger charge is -2.14. The molecule has 1 aliphatic rings. The van der Waals surface area contributed by atoms with E-state index in [-0.39, 0.29) is 5.91 Å². The highest BCUT2D eigenvalue weighted by Gasteiger charge is 2.33. The second kappa shape index (κ2) is 7.13. The van der Waals surface area contributed by atoms with Crippen molar-refractivity contribution in [2.45, 2.75) is 6.18 Å². The van der Waals surface area contributed by atoms with Crippen LogP contribution < -0.4 is 9.64 Å². The van der Waals surface area contributed by atoms with Crippen molar-refractivity contribution in [1.29, 1.82) is 0 Å². The molecule has 26 heavy (non-hydrogen) atoms. The molecule has 0 saturated carbocycles. The fourth-order valence-corrected chi connectivity index (χ4v) is 3.64. The van der Waals surface area contributed by atoms with E-state index in [1.807, 2.05) is 0 Å². The molecule has 1 fully saturated rings. The van der Waals surface area contributed by atoms with Crippen LogP contribution in [0, 0.1) is 0 Å². The van der Waals surface area contributed by atoms with E-state index in [1.165, 1.54) is 23.1 Å². The van der Waals surface area contributed by atoms with Gasteiger partial charge in [-0.25, -0.2) is 0 Å². The van der Waals surface area contributed by atoms with Crippen LogP contribution in [-0.4, -0.2) is 17.3 Å². The third-order valence-corrected chi connectivity index (χ3v) is 4.96. The second-order valence-electron chi connectivity index (χ2n) is 5.33. The smallest absolute Gasteiger partial charge is 0.416 e. The highest BCUT2D eigenvalue weighted by molar-refractivity contribution is 8.27. The topological polar surface area (TPSA) is 29.5 Å². The molecule has 2 aromatic carbocycles. The molecule has 0 radical (unpaired) electrons. The number of amides is 1. The first-order chi connectivity index (χ1) is 12.3. The van der Waals surface area contributed by atoms with Crippen LogP contribution >= 0.6 is 24.0 Å². The number of thioether (sulfide) groups is 1. The highest BCUT2D eigenvalue weighted by atomic mass is 32.2. The summed E-state index contributed by atoms with van der Waals surface area (Å²) in [5, 5.41) is 0. The average molecular weight is 395 g/mol. The molecule has 0 spiro atoms. The van der Waals surface area contributed by atoms with Crippen molar-refractivity contribution in [2.24, 2.45) is 0 Å². The number of carbonyl (C=O) groups excluding carboxylic acids is 1. The standard InChI is InChI=1S/C18H12F3NO2S2/c1-24-14-8-6-13(7-9-14)22-16(23)15(26-17(22)25)10-11-2-4-12(5-3-11)18(19,20)21/h2-10H,1H3/b15-10+. The summed E-state index contributed by atoms with van der Waals surface area (Å²) in [6, 6.07) is 11.5. The Balaban J connectivity index is 1.84. The molecule has 1 aliphatic heterocycles. The Morgan fingerprint density at radius 1 is 1.08 bits per heavy atom. The van der Waals surface area contributed by atoms with Crippen LogP contribution in [0.1, 0.15) is 11.1 Å². The van der Waals surface area contributed by atoms with Gasteiger partial charge in [0.05, 0.1) is 23.3 Å². The summed E-state index contributed by atoms with van der Waals surface area (Å²) in [7, 11) is 1.54. The van der Waals surface area contributed by atoms with Crippen LogP contribution in [0.4, 0.5) is 18.9 Å². The summed E-state index contributed by atoms with van der Waals surface area (Å²) in [6.45, 7) is 0. The zero-order valence-electron chi connectivity index (χ0n) is 13.4. The van der Waals surface area contributed by atoms with Gasteiger partial charge in [-0.2, -0.15) is 13.2 Å². The normalized spacial score (nSPS) is 16.5. The van der Waals surface area contributed by atoms with Gasteiger partial charge in [0.15, 0.2) is 4.32 Å². The van der Waals surface area contributed by atoms with E-state index in [4.69, 9.17) is 17.0 Å². The van der Waals surface area contributed by atoms with Crippen LogP contribution in [0.15, 0.2) is 53.4 Å². The molecule has 3 nitrogen and oxygen atoms in total. The molecule has 2 aromatic rings. The predicted octanol–water partition coefficient (Wildman–Crippen LogP) is 5.12. The van der Waals surface area contributed by atoms with Crippen LogP contribution in [0.5, 0.6) is 5.75 Å². The predicted molar refractivity (Wildman–Crippen MR) is 100 cm³/mol. The fourth-order valence-electron chi connectivity index (χ4n) is 2.34. The lowest BCUT2D eigenvalue weighted by molar-refractivity contribution is -0.137. The van der Waals surface area contributed by atoms with Crippen molar-refractivity contribution in [1.82, 2.24) is 0 Å². The summed E-state index contributed by atoms with van der Waals surface area (Å²) in [4.78, 5) is 14.4. The first-order valence-electron chi connectivity index (χ1n) is 7.39. The number of anilines is 1. The average Bonchev–Trinajstić information content (AvgIpc) is 2.88. The highest BCUT2D eigenvalue weighted by Crippen LogP contribution is 2.37. The van der Waals surface area contributed by atoms with Crippen molar-refractivity contribution in [3.8, 4) is 5.75 Å². The van der Waals surface area contributed by atoms with Gasteiger partial charge in [-0.1, -0.05) is 36.1 Å². The first-order valence-corrected chi connectivity index (χ1v) is 8.61. The van der Waals surface area contributed by atoms with Gasteiger partial charge in [-0.05, 0) is 48.0 Å². The Bertz CT molecular complexity index is 875. The number of methoxy groups -OCH3 is 1. The van der Waals surface area contributed by atoms with E-state index in [0.29, 0.717) is 26.2 Å². The molecule has 0 unspecified atom stereocenters. The van der Waals surface area contributed by atoms with Crippen molar-refractivity contribution in [2.75, 3.05) is 12.0 Å². The Morgan fingerprint density at radius 2 is 1.69 bits per heavy atom. The lowest BCUT2D eigenvalue weighted by atomic mass is 10.1. The first kappa shape index (κ1) is 18.5. The summed E-state index contributed by atoms with van der Waals surface area (Å²) in [5.41, 5.74) is 0.359. The largest absolute Gasteiger partial charge is 0.497 e. The number of hydrogen-bond donors (Lipinski definition) is 0. The number of alkyl halides is 3. The fraction of sp³-hybridized carbons (Fsp3) is 0.111. The van der Waals surface area contributed by atoms with E-state index in [9.17, 15) is 18.0 Å². The van der Waals surface area contributed by atoms with E-state index < -0.39 is 11.7 Å². The number of carbonyl (C=O) groups is 1. The van der Waals surface area contributed by atoms with Gasteiger partial charge >= 0.3 is 6.18 Å². The molecule has 8 heteroatoms. The Labute approximate surface area is 157 Å². The van der Waals surface area contributed by atoms with Gasteiger partial charge in [-0.3, -0.25) is 9.69 Å². The summed E-state index contributed by atoms with van der Waals surface area (Å²) < 4.78 is 43.3. The number of rotatable bonds is 3. The monoisotopic (exact) mass is 395 g/mol. The quantitative estimate of drug-likeness (QED) is 0.533. The molecule has 0 aliphatic carbocycles. The number of nitrogens with zero attached hydrogens (tertiary/aromatic N) is 1. The molecule has 3 rings (SSSR count). The van der Waals surface area contributed by atoms with E-state index in [0.717, 1.165) is 23.9 Å². The van der Waals surface area contributed by atoms with Crippen LogP contribution in [0.3, 0.4) is 0 Å². The molecule has 0 aromatic heterocycles. The molecule has 1 saturated heterocycles. The Hall–Kier alpha value is -2.32. The van der Waals surface area contributed by atoms with E-state index in [2.05, 4.69) is 0 Å². The van der Waals surface area contributed by atoms with Crippen molar-refractivity contribution >= 4 is 46.0 Å². The van der Waals surface area contributed by atoms with E-state index >= 15 is 0 Å². The third kappa shape index (κ3) is 3.76. The number of halogens is 3. The second-order valence-corrected chi connectivity index (χ2v) is 7.01. The SMILES string of the molecule is COc1ccc(N2C(=O)/C(=C\c3ccc(C(F)(F)F)cc3)SC2=S)cc1. The zero-order chi connectivity index (χ0) is 18.9. The maximum Gasteiger partial charge on any atom is 0.416 e. The van der Waals surface area contributed by atoms with Crippen molar-refractivity contribution in [3.63, 3.8) is 0 Å². The minimum absolute atomic E-state index is 0.315. The Morgan fingerprint density at radius 3 is 2.23 bits per heavy atom. The van der Waals surface area contributed by atoms with E-state index in [1.54, 1.807) is 31.4 Å². The number of hydrogen-bond acceptors (Lipinski definition) is 4. The number of ether oxygens (including phenoxy) is 1. The number of benzene rings is 2. The van der Waals surface area contributed by atoms with Gasteiger partial charge in [0.2, 0.25) is 0 Å². The Kier molecular flexibility index (Phi) is 5.06. The maximum absolute atomic E-state index is 12.6. The molecule has 1 heterocycles. The molecule has 0 bridgehead atoms. The van der Waals surface area contributed by atoms with Gasteiger partial charge < -0.3 is 4.74 Å². The molecule has 0 N–H and O–H groups in total. The number of thiocarbonyl (C=S) groups is 1. The summed E-state index contributed by atoms with van der Waals surface area (Å²) >= 11 is 6.38. The molecule has 1 amide bonds. The summed E-state index contributed by atoms with van der Waals surface area (Å²) in [5.74, 6) is 0.338. The van der Waals surface area contributed by atoms with Gasteiger partial charge in [0, 0.05) is 0 Å². The van der Waals surface area contributed by atoms with Gasteiger partial charge in [-0.15, -0.1) is 0 Å². The van der Waals surface area contributed by atoms with Crippen molar-refractivity contribution < 1.29 is 22.7 Å².